The number of carbonyl (C=O) groups is 1. The smallest absolute Gasteiger partial charge is 0.243 e. The maximum Gasteiger partial charge on any atom is 0.243 e. The Balaban J connectivity index is 1.73. The molecule has 0 aromatic heterocycles. The second kappa shape index (κ2) is 6.79. The van der Waals surface area contributed by atoms with Crippen molar-refractivity contribution < 1.29 is 4.79 Å². The molecule has 0 radical (unpaired) electrons. The highest BCUT2D eigenvalue weighted by Gasteiger charge is 2.19. The van der Waals surface area contributed by atoms with Crippen LogP contribution in [0.2, 0.25) is 0 Å². The first-order chi connectivity index (χ1) is 11.1. The van der Waals surface area contributed by atoms with Crippen molar-refractivity contribution in [3.8, 4) is 0 Å². The number of fused-ring (bicyclic) bond motifs is 1. The predicted molar refractivity (Wildman–Crippen MR) is 97.9 cm³/mol. The van der Waals surface area contributed by atoms with Gasteiger partial charge in [-0.1, -0.05) is 42.5 Å². The third-order valence-corrected chi connectivity index (χ3v) is 4.23. The molecule has 1 aliphatic rings. The van der Waals surface area contributed by atoms with Crippen molar-refractivity contribution in [3.05, 3.63) is 59.7 Å². The first-order valence-electron chi connectivity index (χ1n) is 7.66. The van der Waals surface area contributed by atoms with Gasteiger partial charge in [-0.3, -0.25) is 4.79 Å². The molecule has 5 heteroatoms. The molecule has 0 spiro atoms. The van der Waals surface area contributed by atoms with E-state index in [1.807, 2.05) is 36.4 Å². The highest BCUT2D eigenvalue weighted by Crippen LogP contribution is 2.26. The number of nitrogens with two attached hydrogens (primary N) is 1. The Labute approximate surface area is 141 Å². The summed E-state index contributed by atoms with van der Waals surface area (Å²) >= 11 is 5.03. The highest BCUT2D eigenvalue weighted by molar-refractivity contribution is 7.80. The van der Waals surface area contributed by atoms with Crippen molar-refractivity contribution in [3.63, 3.8) is 0 Å². The summed E-state index contributed by atoms with van der Waals surface area (Å²) in [6.45, 7) is 1.21. The number of carbonyl (C=O) groups excluding carboxylic acids is 1. The summed E-state index contributed by atoms with van der Waals surface area (Å²) in [5.41, 5.74) is 9.51. The van der Waals surface area contributed by atoms with E-state index in [-0.39, 0.29) is 10.9 Å². The first kappa shape index (κ1) is 15.5. The Morgan fingerprint density at radius 2 is 1.91 bits per heavy atom. The zero-order chi connectivity index (χ0) is 16.2. The van der Waals surface area contributed by atoms with Crippen LogP contribution in [-0.2, 0) is 11.2 Å². The fourth-order valence-corrected chi connectivity index (χ4v) is 3.12. The molecule has 1 amide bonds. The number of benzene rings is 2. The maximum absolute atomic E-state index is 12.4. The van der Waals surface area contributed by atoms with E-state index in [1.165, 1.54) is 5.56 Å². The van der Waals surface area contributed by atoms with E-state index in [2.05, 4.69) is 22.3 Å². The Morgan fingerprint density at radius 3 is 2.74 bits per heavy atom. The normalized spacial score (nSPS) is 13.3. The fraction of sp³-hybridized carbons (Fsp3) is 0.222. The summed E-state index contributed by atoms with van der Waals surface area (Å²) in [7, 11) is 0. The lowest BCUT2D eigenvalue weighted by molar-refractivity contribution is -0.115. The molecule has 0 bridgehead atoms. The molecule has 0 fully saturated rings. The lowest BCUT2D eigenvalue weighted by Crippen LogP contribution is -2.37. The zero-order valence-corrected chi connectivity index (χ0v) is 13.6. The number of amides is 1. The van der Waals surface area contributed by atoms with Crippen LogP contribution in [0.3, 0.4) is 0 Å². The van der Waals surface area contributed by atoms with Crippen molar-refractivity contribution in [2.45, 2.75) is 12.8 Å². The van der Waals surface area contributed by atoms with Crippen LogP contribution in [0.4, 0.5) is 11.4 Å². The SMILES string of the molecule is NC(=S)c1ccccc1NC(=O)CN1CCCc2ccccc21. The standard InChI is InChI=1S/C18H19N3OS/c19-18(23)14-8-2-3-9-15(14)20-17(22)12-21-11-5-7-13-6-1-4-10-16(13)21/h1-4,6,8-10H,5,7,11-12H2,(H2,19,23)(H,20,22). The van der Waals surface area contributed by atoms with Gasteiger partial charge >= 0.3 is 0 Å². The predicted octanol–water partition coefficient (Wildman–Crippen LogP) is 2.71. The minimum absolute atomic E-state index is 0.0644. The molecule has 3 rings (SSSR count). The third-order valence-electron chi connectivity index (χ3n) is 4.01. The molecular weight excluding hydrogens is 306 g/mol. The molecule has 23 heavy (non-hydrogen) atoms. The molecule has 118 valence electrons. The van der Waals surface area contributed by atoms with Gasteiger partial charge in [0.05, 0.1) is 12.2 Å². The summed E-state index contributed by atoms with van der Waals surface area (Å²) in [6, 6.07) is 15.6. The molecule has 0 aliphatic carbocycles. The van der Waals surface area contributed by atoms with Crippen LogP contribution in [-0.4, -0.2) is 24.0 Å². The third kappa shape index (κ3) is 3.51. The van der Waals surface area contributed by atoms with E-state index >= 15 is 0 Å². The van der Waals surface area contributed by atoms with Gasteiger partial charge in [0.2, 0.25) is 5.91 Å². The summed E-state index contributed by atoms with van der Waals surface area (Å²) in [6.07, 6.45) is 2.13. The van der Waals surface area contributed by atoms with Gasteiger partial charge in [-0.2, -0.15) is 0 Å². The topological polar surface area (TPSA) is 58.4 Å². The summed E-state index contributed by atoms with van der Waals surface area (Å²) in [5.74, 6) is -0.0644. The van der Waals surface area contributed by atoms with Gasteiger partial charge in [0.25, 0.3) is 0 Å². The zero-order valence-electron chi connectivity index (χ0n) is 12.8. The highest BCUT2D eigenvalue weighted by atomic mass is 32.1. The van der Waals surface area contributed by atoms with Crippen molar-refractivity contribution in [1.29, 1.82) is 0 Å². The molecule has 2 aromatic carbocycles. The monoisotopic (exact) mass is 325 g/mol. The van der Waals surface area contributed by atoms with Crippen molar-refractivity contribution in [2.75, 3.05) is 23.3 Å². The minimum atomic E-state index is -0.0644. The molecular formula is C18H19N3OS. The number of thiocarbonyl (C=S) groups is 1. The number of anilines is 2. The summed E-state index contributed by atoms with van der Waals surface area (Å²) < 4.78 is 0. The van der Waals surface area contributed by atoms with Crippen molar-refractivity contribution in [1.82, 2.24) is 0 Å². The maximum atomic E-state index is 12.4. The molecule has 3 N–H and O–H groups in total. The van der Waals surface area contributed by atoms with Crippen LogP contribution < -0.4 is 16.0 Å². The van der Waals surface area contributed by atoms with Crippen LogP contribution in [0.5, 0.6) is 0 Å². The van der Waals surface area contributed by atoms with Gasteiger partial charge in [0, 0.05) is 17.8 Å². The molecule has 0 atom stereocenters. The van der Waals surface area contributed by atoms with E-state index in [4.69, 9.17) is 18.0 Å². The van der Waals surface area contributed by atoms with Crippen molar-refractivity contribution >= 4 is 34.5 Å². The second-order valence-corrected chi connectivity index (χ2v) is 6.05. The van der Waals surface area contributed by atoms with Crippen LogP contribution in [0.25, 0.3) is 0 Å². The second-order valence-electron chi connectivity index (χ2n) is 5.61. The van der Waals surface area contributed by atoms with Gasteiger partial charge in [0.1, 0.15) is 4.99 Å². The van der Waals surface area contributed by atoms with Gasteiger partial charge in [-0.25, -0.2) is 0 Å². The van der Waals surface area contributed by atoms with E-state index in [1.54, 1.807) is 0 Å². The van der Waals surface area contributed by atoms with E-state index in [0.29, 0.717) is 17.8 Å². The van der Waals surface area contributed by atoms with Crippen molar-refractivity contribution in [2.24, 2.45) is 5.73 Å². The molecule has 4 nitrogen and oxygen atoms in total. The Bertz CT molecular complexity index is 745. The Hall–Kier alpha value is -2.40. The first-order valence-corrected chi connectivity index (χ1v) is 8.07. The molecule has 2 aromatic rings. The largest absolute Gasteiger partial charge is 0.389 e. The summed E-state index contributed by atoms with van der Waals surface area (Å²) in [4.78, 5) is 14.8. The molecule has 1 aliphatic heterocycles. The number of nitrogens with zero attached hydrogens (tertiary/aromatic N) is 1. The molecule has 1 heterocycles. The van der Waals surface area contributed by atoms with Crippen LogP contribution >= 0.6 is 12.2 Å². The number of rotatable bonds is 4. The van der Waals surface area contributed by atoms with Crippen LogP contribution in [0.1, 0.15) is 17.5 Å². The summed E-state index contributed by atoms with van der Waals surface area (Å²) in [5, 5.41) is 2.92. The molecule has 0 saturated carbocycles. The van der Waals surface area contributed by atoms with Gasteiger partial charge in [0.15, 0.2) is 0 Å². The van der Waals surface area contributed by atoms with Gasteiger partial charge in [-0.15, -0.1) is 0 Å². The minimum Gasteiger partial charge on any atom is -0.389 e. The fourth-order valence-electron chi connectivity index (χ4n) is 2.95. The quantitative estimate of drug-likeness (QED) is 0.849. The number of aryl methyl sites for hydroxylation is 1. The van der Waals surface area contributed by atoms with E-state index in [9.17, 15) is 4.79 Å². The Morgan fingerprint density at radius 1 is 1.17 bits per heavy atom. The van der Waals surface area contributed by atoms with E-state index in [0.717, 1.165) is 25.1 Å². The van der Waals surface area contributed by atoms with Gasteiger partial charge in [-0.05, 0) is 36.6 Å². The average Bonchev–Trinajstić information content (AvgIpc) is 2.55. The molecule has 0 saturated heterocycles. The van der Waals surface area contributed by atoms with E-state index < -0.39 is 0 Å². The lowest BCUT2D eigenvalue weighted by Gasteiger charge is -2.30. The lowest BCUT2D eigenvalue weighted by atomic mass is 10.0. The average molecular weight is 325 g/mol. The number of para-hydroxylation sites is 2. The number of hydrogen-bond donors (Lipinski definition) is 2. The van der Waals surface area contributed by atoms with Crippen LogP contribution in [0, 0.1) is 0 Å². The number of nitrogens with one attached hydrogen (secondary N) is 1. The van der Waals surface area contributed by atoms with Gasteiger partial charge < -0.3 is 16.0 Å². The van der Waals surface area contributed by atoms with Crippen LogP contribution in [0.15, 0.2) is 48.5 Å². The molecule has 0 unspecified atom stereocenters. The Kier molecular flexibility index (Phi) is 4.57. The number of hydrogen-bond acceptors (Lipinski definition) is 3.